The van der Waals surface area contributed by atoms with Crippen LogP contribution in [0.15, 0.2) is 42.5 Å². The zero-order valence-corrected chi connectivity index (χ0v) is 19.2. The van der Waals surface area contributed by atoms with Crippen LogP contribution in [0, 0.1) is 6.92 Å². The van der Waals surface area contributed by atoms with Gasteiger partial charge in [0.15, 0.2) is 5.82 Å². The minimum Gasteiger partial charge on any atom is -0.271 e. The number of aryl methyl sites for hydroxylation is 1. The monoisotopic (exact) mass is 464 g/mol. The molecule has 4 rings (SSSR count). The van der Waals surface area contributed by atoms with Crippen LogP contribution >= 0.6 is 36.4 Å². The molecule has 4 nitrogen and oxygen atoms in total. The van der Waals surface area contributed by atoms with Crippen molar-refractivity contribution < 1.29 is 0 Å². The largest absolute Gasteiger partial charge is 0.271 e. The highest BCUT2D eigenvalue weighted by Crippen LogP contribution is 2.35. The van der Waals surface area contributed by atoms with Gasteiger partial charge < -0.3 is 0 Å². The van der Waals surface area contributed by atoms with Crippen LogP contribution < -0.4 is 11.3 Å². The van der Waals surface area contributed by atoms with E-state index in [4.69, 9.17) is 27.4 Å². The standard InChI is InChI=1S/C23H25ClN4.2ClH/c1-15-6-12-20-19(14-15)23(18-4-2-3-5-21(18)28-25)27-22(26-20)13-9-16-7-10-17(24)11-8-16;;/h6-14,18,21,28H,2-5,25H2,1H3;2*1H/b13-9-;;. The molecule has 1 aliphatic carbocycles. The van der Waals surface area contributed by atoms with Crippen molar-refractivity contribution in [3.05, 3.63) is 70.1 Å². The quantitative estimate of drug-likeness (QED) is 0.361. The Hall–Kier alpha value is -1.69. The summed E-state index contributed by atoms with van der Waals surface area (Å²) in [5.74, 6) is 6.90. The summed E-state index contributed by atoms with van der Waals surface area (Å²) in [6.07, 6.45) is 8.57. The number of fused-ring (bicyclic) bond motifs is 1. The van der Waals surface area contributed by atoms with E-state index < -0.39 is 0 Å². The Kier molecular flexibility index (Phi) is 9.08. The number of nitrogens with one attached hydrogen (secondary N) is 1. The van der Waals surface area contributed by atoms with Crippen LogP contribution in [0.5, 0.6) is 0 Å². The second kappa shape index (κ2) is 11.1. The molecular formula is C23H27Cl3N4. The lowest BCUT2D eigenvalue weighted by Crippen LogP contribution is -2.41. The van der Waals surface area contributed by atoms with Crippen LogP contribution in [0.3, 0.4) is 0 Å². The number of hydrogen-bond acceptors (Lipinski definition) is 4. The van der Waals surface area contributed by atoms with Crippen molar-refractivity contribution in [2.24, 2.45) is 5.84 Å². The number of hydrazine groups is 1. The summed E-state index contributed by atoms with van der Waals surface area (Å²) in [4.78, 5) is 9.76. The van der Waals surface area contributed by atoms with Gasteiger partial charge in [0.1, 0.15) is 0 Å². The molecule has 0 amide bonds. The maximum absolute atomic E-state index is 5.98. The maximum atomic E-state index is 5.98. The van der Waals surface area contributed by atoms with Crippen LogP contribution in [-0.2, 0) is 0 Å². The first kappa shape index (κ1) is 24.6. The van der Waals surface area contributed by atoms with Gasteiger partial charge in [-0.15, -0.1) is 24.8 Å². The van der Waals surface area contributed by atoms with E-state index >= 15 is 0 Å². The van der Waals surface area contributed by atoms with E-state index in [0.29, 0.717) is 5.92 Å². The van der Waals surface area contributed by atoms with E-state index in [-0.39, 0.29) is 30.9 Å². The molecule has 2 aromatic carbocycles. The highest BCUT2D eigenvalue weighted by atomic mass is 35.5. The fourth-order valence-electron chi connectivity index (χ4n) is 4.04. The lowest BCUT2D eigenvalue weighted by atomic mass is 9.81. The minimum absolute atomic E-state index is 0. The molecule has 7 heteroatoms. The Balaban J connectivity index is 0.00000160. The Bertz CT molecular complexity index is 1010. The molecule has 1 aliphatic rings. The molecule has 1 heterocycles. The number of halogens is 3. The molecular weight excluding hydrogens is 439 g/mol. The zero-order chi connectivity index (χ0) is 19.5. The predicted molar refractivity (Wildman–Crippen MR) is 131 cm³/mol. The molecule has 1 aromatic heterocycles. The molecule has 0 radical (unpaired) electrons. The van der Waals surface area contributed by atoms with Crippen LogP contribution in [0.1, 0.15) is 54.2 Å². The van der Waals surface area contributed by atoms with Crippen LogP contribution in [0.2, 0.25) is 5.02 Å². The summed E-state index contributed by atoms with van der Waals surface area (Å²) in [7, 11) is 0. The van der Waals surface area contributed by atoms with Gasteiger partial charge in [-0.2, -0.15) is 0 Å². The average Bonchev–Trinajstić information content (AvgIpc) is 2.73. The highest BCUT2D eigenvalue weighted by molar-refractivity contribution is 6.30. The highest BCUT2D eigenvalue weighted by Gasteiger charge is 2.28. The smallest absolute Gasteiger partial charge is 0.152 e. The fraction of sp³-hybridized carbons (Fsp3) is 0.304. The number of rotatable bonds is 4. The van der Waals surface area contributed by atoms with E-state index in [2.05, 4.69) is 30.5 Å². The van der Waals surface area contributed by atoms with Crippen molar-refractivity contribution in [3.8, 4) is 0 Å². The molecule has 160 valence electrons. The van der Waals surface area contributed by atoms with Gasteiger partial charge in [0.2, 0.25) is 0 Å². The number of nitrogens with two attached hydrogens (primary N) is 1. The van der Waals surface area contributed by atoms with Crippen LogP contribution in [0.4, 0.5) is 0 Å². The van der Waals surface area contributed by atoms with Crippen molar-refractivity contribution in [1.82, 2.24) is 15.4 Å². The van der Waals surface area contributed by atoms with Crippen molar-refractivity contribution in [3.63, 3.8) is 0 Å². The van der Waals surface area contributed by atoms with Gasteiger partial charge >= 0.3 is 0 Å². The van der Waals surface area contributed by atoms with Crippen molar-refractivity contribution in [2.45, 2.75) is 44.6 Å². The van der Waals surface area contributed by atoms with Crippen LogP contribution in [0.25, 0.3) is 23.1 Å². The predicted octanol–water partition coefficient (Wildman–Crippen LogP) is 6.10. The Morgan fingerprint density at radius 1 is 1.00 bits per heavy atom. The van der Waals surface area contributed by atoms with Gasteiger partial charge in [0.25, 0.3) is 0 Å². The van der Waals surface area contributed by atoms with Gasteiger partial charge in [-0.3, -0.25) is 11.3 Å². The lowest BCUT2D eigenvalue weighted by Gasteiger charge is -2.31. The molecule has 2 unspecified atom stereocenters. The summed E-state index contributed by atoms with van der Waals surface area (Å²) in [5.41, 5.74) is 7.39. The summed E-state index contributed by atoms with van der Waals surface area (Å²) in [6.45, 7) is 2.11. The molecule has 1 fully saturated rings. The fourth-order valence-corrected chi connectivity index (χ4v) is 4.17. The van der Waals surface area contributed by atoms with Gasteiger partial charge in [-0.25, -0.2) is 9.97 Å². The van der Waals surface area contributed by atoms with Crippen molar-refractivity contribution >= 4 is 59.5 Å². The number of nitrogens with zero attached hydrogens (tertiary/aromatic N) is 2. The van der Waals surface area contributed by atoms with Gasteiger partial charge in [-0.05, 0) is 55.7 Å². The molecule has 30 heavy (non-hydrogen) atoms. The summed E-state index contributed by atoms with van der Waals surface area (Å²) in [5, 5.41) is 1.87. The van der Waals surface area contributed by atoms with E-state index in [9.17, 15) is 0 Å². The summed E-state index contributed by atoms with van der Waals surface area (Å²) in [6, 6.07) is 14.4. The normalized spacial score (nSPS) is 18.8. The van der Waals surface area contributed by atoms with Crippen LogP contribution in [-0.4, -0.2) is 16.0 Å². The maximum Gasteiger partial charge on any atom is 0.152 e. The lowest BCUT2D eigenvalue weighted by molar-refractivity contribution is 0.328. The molecule has 3 N–H and O–H groups in total. The SMILES string of the molecule is Cc1ccc2nc(/C=C\c3ccc(Cl)cc3)nc(C3CCCCC3NN)c2c1.Cl.Cl. The topological polar surface area (TPSA) is 63.8 Å². The molecule has 0 saturated heterocycles. The van der Waals surface area contributed by atoms with Crippen molar-refractivity contribution in [1.29, 1.82) is 0 Å². The number of hydrogen-bond donors (Lipinski definition) is 2. The molecule has 1 saturated carbocycles. The zero-order valence-electron chi connectivity index (χ0n) is 16.8. The Morgan fingerprint density at radius 3 is 2.47 bits per heavy atom. The molecule has 3 aromatic rings. The first-order valence-electron chi connectivity index (χ1n) is 9.82. The van der Waals surface area contributed by atoms with Gasteiger partial charge in [0.05, 0.1) is 11.2 Å². The van der Waals surface area contributed by atoms with E-state index in [1.54, 1.807) is 0 Å². The summed E-state index contributed by atoms with van der Waals surface area (Å²) >= 11 is 5.98. The second-order valence-corrected chi connectivity index (χ2v) is 7.97. The average molecular weight is 466 g/mol. The second-order valence-electron chi connectivity index (χ2n) is 7.54. The molecule has 0 aliphatic heterocycles. The van der Waals surface area contributed by atoms with E-state index in [1.807, 2.05) is 36.4 Å². The Labute approximate surface area is 195 Å². The molecule has 2 atom stereocenters. The first-order chi connectivity index (χ1) is 13.6. The third-order valence-corrected chi connectivity index (χ3v) is 5.78. The van der Waals surface area contributed by atoms with E-state index in [1.165, 1.54) is 18.4 Å². The van der Waals surface area contributed by atoms with Gasteiger partial charge in [-0.1, -0.05) is 54.3 Å². The minimum atomic E-state index is 0. The summed E-state index contributed by atoms with van der Waals surface area (Å²) < 4.78 is 0. The first-order valence-corrected chi connectivity index (χ1v) is 10.2. The molecule has 0 bridgehead atoms. The number of benzene rings is 2. The number of aromatic nitrogens is 2. The molecule has 0 spiro atoms. The third-order valence-electron chi connectivity index (χ3n) is 5.52. The van der Waals surface area contributed by atoms with Gasteiger partial charge in [0, 0.05) is 22.4 Å². The third kappa shape index (κ3) is 5.51. The van der Waals surface area contributed by atoms with E-state index in [0.717, 1.165) is 45.8 Å². The Morgan fingerprint density at radius 2 is 1.73 bits per heavy atom. The van der Waals surface area contributed by atoms with Crippen molar-refractivity contribution in [2.75, 3.05) is 0 Å².